The van der Waals surface area contributed by atoms with Crippen molar-refractivity contribution in [1.82, 2.24) is 0 Å². The van der Waals surface area contributed by atoms with E-state index in [9.17, 15) is 0 Å². The van der Waals surface area contributed by atoms with Crippen LogP contribution in [0.5, 0.6) is 0 Å². The first-order chi connectivity index (χ1) is 6.16. The summed E-state index contributed by atoms with van der Waals surface area (Å²) in [4.78, 5) is 0. The maximum absolute atomic E-state index is 6.81. The average Bonchev–Trinajstić information content (AvgIpc) is 2.32. The summed E-state index contributed by atoms with van der Waals surface area (Å²) < 4.78 is 0. The largest absolute Gasteiger partial charge is 0.167 e. The fourth-order valence-corrected chi connectivity index (χ4v) is 8.90. The zero-order chi connectivity index (χ0) is 10.8. The van der Waals surface area contributed by atoms with Crippen molar-refractivity contribution in [1.29, 1.82) is 0 Å². The molecule has 0 nitrogen and oxygen atoms in total. The Morgan fingerprint density at radius 1 is 0.929 bits per heavy atom. The number of hydrogen-bond acceptors (Lipinski definition) is 0. The van der Waals surface area contributed by atoms with E-state index >= 15 is 0 Å². The SMILES string of the molecule is CC12CCC([Si](C)(C)Cl)(CC1)C2(C)C. The molecule has 2 aliphatic rings. The van der Waals surface area contributed by atoms with Gasteiger partial charge in [0.05, 0.1) is 0 Å². The summed E-state index contributed by atoms with van der Waals surface area (Å²) in [7, 11) is -1.54. The Kier molecular flexibility index (Phi) is 2.04. The molecule has 0 aromatic carbocycles. The number of fused-ring (bicyclic) bond motifs is 2. The van der Waals surface area contributed by atoms with Crippen molar-refractivity contribution in [3.63, 3.8) is 0 Å². The summed E-state index contributed by atoms with van der Waals surface area (Å²) >= 11 is 6.81. The van der Waals surface area contributed by atoms with Crippen molar-refractivity contribution in [2.45, 2.75) is 64.6 Å². The zero-order valence-corrected chi connectivity index (χ0v) is 12.0. The van der Waals surface area contributed by atoms with Gasteiger partial charge in [0.25, 0.3) is 0 Å². The van der Waals surface area contributed by atoms with Gasteiger partial charge in [-0.2, -0.15) is 11.1 Å². The Balaban J connectivity index is 2.50. The highest BCUT2D eigenvalue weighted by atomic mass is 35.6. The van der Waals surface area contributed by atoms with Crippen molar-refractivity contribution in [3.8, 4) is 0 Å². The highest BCUT2D eigenvalue weighted by Gasteiger charge is 2.69. The van der Waals surface area contributed by atoms with E-state index in [1.165, 1.54) is 25.7 Å². The van der Waals surface area contributed by atoms with Crippen LogP contribution in [0.3, 0.4) is 0 Å². The third-order valence-corrected chi connectivity index (χ3v) is 10.5. The molecule has 0 aliphatic heterocycles. The molecule has 0 aromatic rings. The minimum absolute atomic E-state index is 0.470. The van der Waals surface area contributed by atoms with Crippen LogP contribution in [0.1, 0.15) is 46.5 Å². The predicted molar refractivity (Wildman–Crippen MR) is 66.4 cm³/mol. The second-order valence-corrected chi connectivity index (χ2v) is 13.5. The van der Waals surface area contributed by atoms with Gasteiger partial charge in [-0.3, -0.25) is 0 Å². The van der Waals surface area contributed by atoms with Gasteiger partial charge in [0, 0.05) is 0 Å². The molecule has 0 spiro atoms. The Morgan fingerprint density at radius 2 is 1.36 bits per heavy atom. The summed E-state index contributed by atoms with van der Waals surface area (Å²) in [5.74, 6) is 0. The van der Waals surface area contributed by atoms with E-state index in [-0.39, 0.29) is 0 Å². The van der Waals surface area contributed by atoms with Crippen LogP contribution in [-0.2, 0) is 0 Å². The van der Waals surface area contributed by atoms with Crippen molar-refractivity contribution < 1.29 is 0 Å². The standard InChI is InChI=1S/C12H23ClSi/c1-10(2)11(3)6-8-12(10,9-7-11)14(4,5)13/h6-9H2,1-5H3. The van der Waals surface area contributed by atoms with Crippen LogP contribution < -0.4 is 0 Å². The minimum Gasteiger partial charge on any atom is -0.167 e. The van der Waals surface area contributed by atoms with Gasteiger partial charge in [-0.05, 0) is 41.6 Å². The van der Waals surface area contributed by atoms with E-state index in [4.69, 9.17) is 11.1 Å². The van der Waals surface area contributed by atoms with Crippen LogP contribution in [0, 0.1) is 10.8 Å². The lowest BCUT2D eigenvalue weighted by molar-refractivity contribution is 0.155. The monoisotopic (exact) mass is 230 g/mol. The molecule has 0 heterocycles. The Bertz CT molecular complexity index is 254. The van der Waals surface area contributed by atoms with Crippen LogP contribution in [0.25, 0.3) is 0 Å². The maximum Gasteiger partial charge on any atom is 0.157 e. The second kappa shape index (κ2) is 2.60. The lowest BCUT2D eigenvalue weighted by atomic mass is 9.71. The summed E-state index contributed by atoms with van der Waals surface area (Å²) in [6.45, 7) is 12.1. The molecule has 2 aliphatic carbocycles. The van der Waals surface area contributed by atoms with Crippen molar-refractivity contribution in [3.05, 3.63) is 0 Å². The molecule has 0 radical (unpaired) electrons. The molecular formula is C12H23ClSi. The maximum atomic E-state index is 6.81. The predicted octanol–water partition coefficient (Wildman–Crippen LogP) is 4.79. The van der Waals surface area contributed by atoms with Crippen molar-refractivity contribution in [2.75, 3.05) is 0 Å². The third kappa shape index (κ3) is 0.961. The first-order valence-electron chi connectivity index (χ1n) is 5.85. The molecule has 0 aromatic heterocycles. The molecule has 0 atom stereocenters. The van der Waals surface area contributed by atoms with Crippen LogP contribution in [0.4, 0.5) is 0 Å². The van der Waals surface area contributed by atoms with Crippen molar-refractivity contribution in [2.24, 2.45) is 10.8 Å². The van der Waals surface area contributed by atoms with Gasteiger partial charge in [-0.15, -0.1) is 0 Å². The molecule has 2 saturated carbocycles. The molecule has 14 heavy (non-hydrogen) atoms. The molecule has 0 amide bonds. The van der Waals surface area contributed by atoms with Gasteiger partial charge in [0.1, 0.15) is 0 Å². The van der Waals surface area contributed by atoms with Gasteiger partial charge in [-0.25, -0.2) is 0 Å². The Labute approximate surface area is 94.1 Å². The third-order valence-electron chi connectivity index (χ3n) is 6.05. The molecule has 82 valence electrons. The highest BCUT2D eigenvalue weighted by molar-refractivity contribution is 7.20. The van der Waals surface area contributed by atoms with Gasteiger partial charge < -0.3 is 0 Å². The molecular weight excluding hydrogens is 208 g/mol. The molecule has 2 heteroatoms. The quantitative estimate of drug-likeness (QED) is 0.449. The lowest BCUT2D eigenvalue weighted by Gasteiger charge is -2.47. The number of rotatable bonds is 1. The first-order valence-corrected chi connectivity index (χ1v) is 9.87. The lowest BCUT2D eigenvalue weighted by Crippen LogP contribution is -2.43. The summed E-state index contributed by atoms with van der Waals surface area (Å²) in [5.41, 5.74) is 1.05. The van der Waals surface area contributed by atoms with E-state index in [1.807, 2.05) is 0 Å². The number of hydrogen-bond donors (Lipinski definition) is 0. The summed E-state index contributed by atoms with van der Waals surface area (Å²) in [6, 6.07) is 0. The molecule has 2 fully saturated rings. The van der Waals surface area contributed by atoms with Gasteiger partial charge in [0.2, 0.25) is 0 Å². The number of halogens is 1. The Hall–Kier alpha value is 0.507. The van der Waals surface area contributed by atoms with E-state index in [0.29, 0.717) is 15.9 Å². The van der Waals surface area contributed by atoms with E-state index in [0.717, 1.165) is 0 Å². The normalized spacial score (nSPS) is 45.9. The molecule has 0 unspecified atom stereocenters. The minimum atomic E-state index is -1.54. The fourth-order valence-electron chi connectivity index (χ4n) is 4.39. The second-order valence-electron chi connectivity index (χ2n) is 6.74. The molecule has 0 N–H and O–H groups in total. The molecule has 2 bridgehead atoms. The van der Waals surface area contributed by atoms with Crippen LogP contribution in [0.2, 0.25) is 18.1 Å². The van der Waals surface area contributed by atoms with Gasteiger partial charge in [-0.1, -0.05) is 33.9 Å². The van der Waals surface area contributed by atoms with Crippen LogP contribution in [-0.4, -0.2) is 7.38 Å². The van der Waals surface area contributed by atoms with E-state index in [1.54, 1.807) is 0 Å². The highest BCUT2D eigenvalue weighted by Crippen LogP contribution is 2.79. The van der Waals surface area contributed by atoms with Crippen molar-refractivity contribution >= 4 is 18.5 Å². The van der Waals surface area contributed by atoms with Crippen LogP contribution in [0.15, 0.2) is 0 Å². The van der Waals surface area contributed by atoms with Gasteiger partial charge >= 0.3 is 0 Å². The van der Waals surface area contributed by atoms with E-state index < -0.39 is 7.38 Å². The summed E-state index contributed by atoms with van der Waals surface area (Å²) in [6.07, 6.45) is 5.59. The molecule has 2 rings (SSSR count). The summed E-state index contributed by atoms with van der Waals surface area (Å²) in [5, 5.41) is 0.510. The van der Waals surface area contributed by atoms with E-state index in [2.05, 4.69) is 33.9 Å². The fraction of sp³-hybridized carbons (Fsp3) is 1.00. The van der Waals surface area contributed by atoms with Gasteiger partial charge in [0.15, 0.2) is 7.38 Å². The smallest absolute Gasteiger partial charge is 0.157 e. The average molecular weight is 231 g/mol. The first kappa shape index (κ1) is 11.0. The molecule has 0 saturated heterocycles. The topological polar surface area (TPSA) is 0 Å². The Morgan fingerprint density at radius 3 is 1.50 bits per heavy atom. The van der Waals surface area contributed by atoms with Crippen LogP contribution >= 0.6 is 11.1 Å². The zero-order valence-electron chi connectivity index (χ0n) is 10.2.